The van der Waals surface area contributed by atoms with E-state index in [-0.39, 0.29) is 12.5 Å². The smallest absolute Gasteiger partial charge is 0.246 e. The maximum Gasteiger partial charge on any atom is 0.246 e. The van der Waals surface area contributed by atoms with Crippen LogP contribution in [0.1, 0.15) is 31.0 Å². The van der Waals surface area contributed by atoms with E-state index < -0.39 is 0 Å². The molecule has 0 unspecified atom stereocenters. The molecule has 0 saturated heterocycles. The molecule has 0 aliphatic carbocycles. The molecule has 0 atom stereocenters. The van der Waals surface area contributed by atoms with Gasteiger partial charge in [0.15, 0.2) is 0 Å². The molecule has 6 nitrogen and oxygen atoms in total. The Morgan fingerprint density at radius 3 is 2.81 bits per heavy atom. The van der Waals surface area contributed by atoms with E-state index in [0.717, 1.165) is 16.9 Å². The summed E-state index contributed by atoms with van der Waals surface area (Å²) in [5.41, 5.74) is 2.79. The third kappa shape index (κ3) is 4.13. The fraction of sp³-hybridized carbons (Fsp3) is 0.400. The van der Waals surface area contributed by atoms with Crippen molar-refractivity contribution in [1.82, 2.24) is 20.3 Å². The van der Waals surface area contributed by atoms with Gasteiger partial charge in [0.05, 0.1) is 11.9 Å². The van der Waals surface area contributed by atoms with Gasteiger partial charge < -0.3 is 10.6 Å². The normalized spacial score (nSPS) is 10.9. The lowest BCUT2D eigenvalue weighted by Gasteiger charge is -2.13. The SMILES string of the molecule is CNCc1cn(CC(=O)Nc2ccccc2C(C)C)nn1. The summed E-state index contributed by atoms with van der Waals surface area (Å²) in [6, 6.07) is 7.84. The predicted molar refractivity (Wildman–Crippen MR) is 81.9 cm³/mol. The molecule has 21 heavy (non-hydrogen) atoms. The molecule has 112 valence electrons. The number of para-hydroxylation sites is 1. The van der Waals surface area contributed by atoms with Crippen LogP contribution in [0.15, 0.2) is 30.5 Å². The number of aromatic nitrogens is 3. The molecule has 1 amide bonds. The molecule has 2 rings (SSSR count). The summed E-state index contributed by atoms with van der Waals surface area (Å²) in [4.78, 5) is 12.1. The molecule has 2 aromatic rings. The zero-order chi connectivity index (χ0) is 15.2. The molecule has 1 aromatic carbocycles. The number of carbonyl (C=O) groups excluding carboxylic acids is 1. The maximum atomic E-state index is 12.1. The first-order valence-electron chi connectivity index (χ1n) is 7.02. The van der Waals surface area contributed by atoms with Gasteiger partial charge in [0, 0.05) is 12.2 Å². The van der Waals surface area contributed by atoms with E-state index in [2.05, 4.69) is 34.8 Å². The van der Waals surface area contributed by atoms with E-state index >= 15 is 0 Å². The van der Waals surface area contributed by atoms with E-state index in [4.69, 9.17) is 0 Å². The second-order valence-corrected chi connectivity index (χ2v) is 5.23. The molecule has 0 aliphatic heterocycles. The number of benzene rings is 1. The summed E-state index contributed by atoms with van der Waals surface area (Å²) in [6.07, 6.45) is 1.77. The van der Waals surface area contributed by atoms with Crippen molar-refractivity contribution in [3.05, 3.63) is 41.7 Å². The van der Waals surface area contributed by atoms with Gasteiger partial charge in [0.2, 0.25) is 5.91 Å². The summed E-state index contributed by atoms with van der Waals surface area (Å²) in [5.74, 6) is 0.249. The summed E-state index contributed by atoms with van der Waals surface area (Å²) < 4.78 is 1.54. The van der Waals surface area contributed by atoms with Crippen molar-refractivity contribution >= 4 is 11.6 Å². The Balaban J connectivity index is 2.01. The fourth-order valence-electron chi connectivity index (χ4n) is 2.13. The molecule has 0 radical (unpaired) electrons. The van der Waals surface area contributed by atoms with Gasteiger partial charge in [0.1, 0.15) is 6.54 Å². The number of hydrogen-bond acceptors (Lipinski definition) is 4. The van der Waals surface area contributed by atoms with Crippen molar-refractivity contribution in [1.29, 1.82) is 0 Å². The van der Waals surface area contributed by atoms with E-state index in [1.54, 1.807) is 10.9 Å². The molecule has 0 bridgehead atoms. The van der Waals surface area contributed by atoms with Crippen molar-refractivity contribution in [2.24, 2.45) is 0 Å². The van der Waals surface area contributed by atoms with E-state index in [9.17, 15) is 4.79 Å². The van der Waals surface area contributed by atoms with Gasteiger partial charge in [-0.3, -0.25) is 4.79 Å². The maximum absolute atomic E-state index is 12.1. The number of nitrogens with one attached hydrogen (secondary N) is 2. The van der Waals surface area contributed by atoms with E-state index in [0.29, 0.717) is 12.5 Å². The third-order valence-corrected chi connectivity index (χ3v) is 3.11. The summed E-state index contributed by atoms with van der Waals surface area (Å²) in [7, 11) is 1.84. The van der Waals surface area contributed by atoms with Crippen LogP contribution in [0.3, 0.4) is 0 Å². The second-order valence-electron chi connectivity index (χ2n) is 5.23. The molecule has 6 heteroatoms. The van der Waals surface area contributed by atoms with Gasteiger partial charge >= 0.3 is 0 Å². The number of carbonyl (C=O) groups is 1. The van der Waals surface area contributed by atoms with Crippen LogP contribution in [0.25, 0.3) is 0 Å². The Morgan fingerprint density at radius 2 is 2.10 bits per heavy atom. The van der Waals surface area contributed by atoms with Crippen LogP contribution in [0, 0.1) is 0 Å². The lowest BCUT2D eigenvalue weighted by Crippen LogP contribution is -2.20. The van der Waals surface area contributed by atoms with Gasteiger partial charge in [-0.1, -0.05) is 37.3 Å². The quantitative estimate of drug-likeness (QED) is 0.849. The largest absolute Gasteiger partial charge is 0.324 e. The molecule has 0 fully saturated rings. The standard InChI is InChI=1S/C15H21N5O/c1-11(2)13-6-4-5-7-14(13)17-15(21)10-20-9-12(8-16-3)18-19-20/h4-7,9,11,16H,8,10H2,1-3H3,(H,17,21). The van der Waals surface area contributed by atoms with Crippen molar-refractivity contribution in [3.63, 3.8) is 0 Å². The van der Waals surface area contributed by atoms with Crippen molar-refractivity contribution < 1.29 is 4.79 Å². The van der Waals surface area contributed by atoms with Crippen LogP contribution >= 0.6 is 0 Å². The number of hydrogen-bond donors (Lipinski definition) is 2. The van der Waals surface area contributed by atoms with Crippen molar-refractivity contribution in [2.45, 2.75) is 32.9 Å². The first-order chi connectivity index (χ1) is 10.1. The van der Waals surface area contributed by atoms with Crippen molar-refractivity contribution in [3.8, 4) is 0 Å². The van der Waals surface area contributed by atoms with Gasteiger partial charge in [-0.05, 0) is 24.6 Å². The fourth-order valence-corrected chi connectivity index (χ4v) is 2.13. The number of nitrogens with zero attached hydrogens (tertiary/aromatic N) is 3. The molecular weight excluding hydrogens is 266 g/mol. The average molecular weight is 287 g/mol. The number of rotatable bonds is 6. The van der Waals surface area contributed by atoms with Gasteiger partial charge in [0.25, 0.3) is 0 Å². The Hall–Kier alpha value is -2.21. The minimum absolute atomic E-state index is 0.107. The Labute approximate surface area is 124 Å². The zero-order valence-corrected chi connectivity index (χ0v) is 12.6. The highest BCUT2D eigenvalue weighted by Gasteiger charge is 2.10. The molecule has 1 heterocycles. The van der Waals surface area contributed by atoms with Crippen LogP contribution in [-0.4, -0.2) is 27.9 Å². The van der Waals surface area contributed by atoms with Crippen LogP contribution in [0.4, 0.5) is 5.69 Å². The van der Waals surface area contributed by atoms with Crippen LogP contribution in [0.5, 0.6) is 0 Å². The molecule has 0 aliphatic rings. The summed E-state index contributed by atoms with van der Waals surface area (Å²) >= 11 is 0. The van der Waals surface area contributed by atoms with Crippen molar-refractivity contribution in [2.75, 3.05) is 12.4 Å². The number of anilines is 1. The monoisotopic (exact) mass is 287 g/mol. The van der Waals surface area contributed by atoms with Crippen LogP contribution in [0.2, 0.25) is 0 Å². The first-order valence-corrected chi connectivity index (χ1v) is 7.02. The summed E-state index contributed by atoms with van der Waals surface area (Å²) in [6.45, 7) is 5.00. The summed E-state index contributed by atoms with van der Waals surface area (Å²) in [5, 5.41) is 13.9. The average Bonchev–Trinajstić information content (AvgIpc) is 2.86. The second kappa shape index (κ2) is 6.99. The molecule has 2 N–H and O–H groups in total. The van der Waals surface area contributed by atoms with Gasteiger partial charge in [-0.15, -0.1) is 5.10 Å². The highest BCUT2D eigenvalue weighted by atomic mass is 16.2. The lowest BCUT2D eigenvalue weighted by atomic mass is 10.0. The first kappa shape index (κ1) is 15.2. The minimum Gasteiger partial charge on any atom is -0.324 e. The van der Waals surface area contributed by atoms with Crippen LogP contribution < -0.4 is 10.6 Å². The third-order valence-electron chi connectivity index (χ3n) is 3.11. The van der Waals surface area contributed by atoms with Crippen LogP contribution in [-0.2, 0) is 17.9 Å². The molecule has 0 spiro atoms. The lowest BCUT2D eigenvalue weighted by molar-refractivity contribution is -0.116. The molecule has 0 saturated carbocycles. The van der Waals surface area contributed by atoms with Gasteiger partial charge in [-0.25, -0.2) is 4.68 Å². The highest BCUT2D eigenvalue weighted by molar-refractivity contribution is 5.91. The minimum atomic E-state index is -0.107. The van der Waals surface area contributed by atoms with Gasteiger partial charge in [-0.2, -0.15) is 0 Å². The highest BCUT2D eigenvalue weighted by Crippen LogP contribution is 2.23. The number of amides is 1. The Morgan fingerprint density at radius 1 is 1.33 bits per heavy atom. The van der Waals surface area contributed by atoms with E-state index in [1.165, 1.54) is 0 Å². The predicted octanol–water partition coefficient (Wildman–Crippen LogP) is 1.76. The molecular formula is C15H21N5O. The topological polar surface area (TPSA) is 71.8 Å². The van der Waals surface area contributed by atoms with E-state index in [1.807, 2.05) is 31.3 Å². The Kier molecular flexibility index (Phi) is 5.05. The Bertz CT molecular complexity index is 606. The molecule has 1 aromatic heterocycles. The zero-order valence-electron chi connectivity index (χ0n) is 12.6.